The maximum absolute atomic E-state index is 12.0. The second kappa shape index (κ2) is 4.31. The van der Waals surface area contributed by atoms with Crippen LogP contribution in [-0.2, 0) is 9.59 Å². The van der Waals surface area contributed by atoms with E-state index in [1.165, 1.54) is 12.8 Å². The molecule has 2 amide bonds. The maximum Gasteiger partial charge on any atom is 0.225 e. The van der Waals surface area contributed by atoms with Gasteiger partial charge >= 0.3 is 0 Å². The van der Waals surface area contributed by atoms with Gasteiger partial charge in [0.25, 0.3) is 0 Å². The quantitative estimate of drug-likeness (QED) is 0.796. The Morgan fingerprint density at radius 2 is 1.88 bits per heavy atom. The number of rotatable bonds is 3. The Balaban J connectivity index is 1.53. The number of nitrogens with zero attached hydrogens (tertiary/aromatic N) is 1. The lowest BCUT2D eigenvalue weighted by Crippen LogP contribution is -2.38. The fraction of sp³-hybridized carbons (Fsp3) is 0.846. The van der Waals surface area contributed by atoms with E-state index in [1.807, 2.05) is 4.90 Å². The molecule has 94 valence electrons. The van der Waals surface area contributed by atoms with Crippen LogP contribution in [0, 0.1) is 5.92 Å². The van der Waals surface area contributed by atoms with Crippen LogP contribution in [0.3, 0.4) is 0 Å². The first kappa shape index (κ1) is 11.1. The standard InChI is InChI=1S/C13H20N2O2/c16-12-7-9(8-15(12)11-5-6-11)13(17)14-10-3-1-2-4-10/h9-11H,1-8H2,(H,14,17)/t9-/m0/s1. The fourth-order valence-corrected chi connectivity index (χ4v) is 3.04. The number of likely N-dealkylation sites (tertiary alicyclic amines) is 1. The van der Waals surface area contributed by atoms with Crippen molar-refractivity contribution in [2.45, 2.75) is 57.0 Å². The third-order valence-electron chi connectivity index (χ3n) is 4.22. The molecule has 0 spiro atoms. The molecule has 0 unspecified atom stereocenters. The molecule has 1 saturated heterocycles. The van der Waals surface area contributed by atoms with E-state index in [9.17, 15) is 9.59 Å². The first-order valence-electron chi connectivity index (χ1n) is 6.84. The number of amides is 2. The van der Waals surface area contributed by atoms with E-state index < -0.39 is 0 Å². The minimum Gasteiger partial charge on any atom is -0.353 e. The van der Waals surface area contributed by atoms with Gasteiger partial charge in [0.2, 0.25) is 11.8 Å². The monoisotopic (exact) mass is 236 g/mol. The highest BCUT2D eigenvalue weighted by atomic mass is 16.2. The number of hydrogen-bond donors (Lipinski definition) is 1. The number of hydrogen-bond acceptors (Lipinski definition) is 2. The van der Waals surface area contributed by atoms with Gasteiger partial charge in [-0.15, -0.1) is 0 Å². The minimum absolute atomic E-state index is 0.0938. The third-order valence-corrected chi connectivity index (χ3v) is 4.22. The molecule has 3 aliphatic rings. The zero-order valence-electron chi connectivity index (χ0n) is 10.2. The lowest BCUT2D eigenvalue weighted by Gasteiger charge is -2.17. The van der Waals surface area contributed by atoms with E-state index in [1.54, 1.807) is 0 Å². The van der Waals surface area contributed by atoms with Gasteiger partial charge in [0, 0.05) is 25.0 Å². The molecule has 4 heteroatoms. The van der Waals surface area contributed by atoms with Crippen molar-refractivity contribution in [3.8, 4) is 0 Å². The minimum atomic E-state index is -0.0938. The van der Waals surface area contributed by atoms with E-state index in [4.69, 9.17) is 0 Å². The van der Waals surface area contributed by atoms with Crippen molar-refractivity contribution in [1.29, 1.82) is 0 Å². The van der Waals surface area contributed by atoms with E-state index in [0.29, 0.717) is 25.0 Å². The fourth-order valence-electron chi connectivity index (χ4n) is 3.04. The molecule has 1 heterocycles. The van der Waals surface area contributed by atoms with Gasteiger partial charge in [-0.1, -0.05) is 12.8 Å². The van der Waals surface area contributed by atoms with Crippen molar-refractivity contribution in [3.05, 3.63) is 0 Å². The third kappa shape index (κ3) is 2.31. The van der Waals surface area contributed by atoms with Crippen molar-refractivity contribution in [2.75, 3.05) is 6.54 Å². The Morgan fingerprint density at radius 1 is 1.18 bits per heavy atom. The Kier molecular flexibility index (Phi) is 2.81. The molecule has 4 nitrogen and oxygen atoms in total. The Morgan fingerprint density at radius 3 is 2.53 bits per heavy atom. The SMILES string of the molecule is O=C(NC1CCCC1)[C@H]1CC(=O)N(C2CC2)C1. The molecule has 1 atom stereocenters. The predicted molar refractivity (Wildman–Crippen MR) is 63.2 cm³/mol. The molecular weight excluding hydrogens is 216 g/mol. The summed E-state index contributed by atoms with van der Waals surface area (Å²) in [4.78, 5) is 25.7. The van der Waals surface area contributed by atoms with Gasteiger partial charge in [-0.25, -0.2) is 0 Å². The smallest absolute Gasteiger partial charge is 0.225 e. The lowest BCUT2D eigenvalue weighted by molar-refractivity contribution is -0.129. The highest BCUT2D eigenvalue weighted by molar-refractivity contribution is 5.89. The average Bonchev–Trinajstić information content (AvgIpc) is 2.87. The molecule has 0 aromatic carbocycles. The normalized spacial score (nSPS) is 30.0. The summed E-state index contributed by atoms with van der Waals surface area (Å²) in [5.41, 5.74) is 0. The zero-order chi connectivity index (χ0) is 11.8. The van der Waals surface area contributed by atoms with Gasteiger partial charge in [0.05, 0.1) is 5.92 Å². The van der Waals surface area contributed by atoms with Crippen molar-refractivity contribution < 1.29 is 9.59 Å². The molecule has 0 aromatic rings. The molecule has 2 saturated carbocycles. The van der Waals surface area contributed by atoms with Crippen molar-refractivity contribution in [2.24, 2.45) is 5.92 Å². The predicted octanol–water partition coefficient (Wildman–Crippen LogP) is 1.06. The average molecular weight is 236 g/mol. The number of carbonyl (C=O) groups excluding carboxylic acids is 2. The summed E-state index contributed by atoms with van der Waals surface area (Å²) in [5.74, 6) is 0.191. The molecule has 3 rings (SSSR count). The second-order valence-corrected chi connectivity index (χ2v) is 5.67. The van der Waals surface area contributed by atoms with Gasteiger partial charge in [0.1, 0.15) is 0 Å². The molecule has 0 aromatic heterocycles. The molecule has 3 fully saturated rings. The zero-order valence-corrected chi connectivity index (χ0v) is 10.2. The molecule has 0 radical (unpaired) electrons. The molecule has 1 N–H and O–H groups in total. The van der Waals surface area contributed by atoms with Crippen LogP contribution in [-0.4, -0.2) is 35.3 Å². The van der Waals surface area contributed by atoms with E-state index in [2.05, 4.69) is 5.32 Å². The van der Waals surface area contributed by atoms with Gasteiger partial charge in [-0.3, -0.25) is 9.59 Å². The van der Waals surface area contributed by atoms with Crippen molar-refractivity contribution >= 4 is 11.8 Å². The summed E-state index contributed by atoms with van der Waals surface area (Å²) >= 11 is 0. The second-order valence-electron chi connectivity index (χ2n) is 5.67. The summed E-state index contributed by atoms with van der Waals surface area (Å²) in [5, 5.41) is 3.10. The Hall–Kier alpha value is -1.06. The van der Waals surface area contributed by atoms with Gasteiger partial charge in [0.15, 0.2) is 0 Å². The first-order valence-corrected chi connectivity index (χ1v) is 6.84. The first-order chi connectivity index (χ1) is 8.24. The summed E-state index contributed by atoms with van der Waals surface area (Å²) in [6.07, 6.45) is 7.35. The Bertz CT molecular complexity index is 332. The molecular formula is C13H20N2O2. The van der Waals surface area contributed by atoms with Crippen LogP contribution in [0.15, 0.2) is 0 Å². The van der Waals surface area contributed by atoms with Crippen LogP contribution in [0.5, 0.6) is 0 Å². The van der Waals surface area contributed by atoms with Gasteiger partial charge in [-0.05, 0) is 25.7 Å². The molecule has 17 heavy (non-hydrogen) atoms. The van der Waals surface area contributed by atoms with Crippen LogP contribution in [0.2, 0.25) is 0 Å². The van der Waals surface area contributed by atoms with E-state index in [0.717, 1.165) is 25.7 Å². The molecule has 1 aliphatic heterocycles. The van der Waals surface area contributed by atoms with Crippen LogP contribution in [0.4, 0.5) is 0 Å². The van der Waals surface area contributed by atoms with Gasteiger partial charge in [-0.2, -0.15) is 0 Å². The topological polar surface area (TPSA) is 49.4 Å². The van der Waals surface area contributed by atoms with E-state index >= 15 is 0 Å². The summed E-state index contributed by atoms with van der Waals surface area (Å²) in [6, 6.07) is 0.819. The lowest BCUT2D eigenvalue weighted by atomic mass is 10.1. The van der Waals surface area contributed by atoms with Crippen LogP contribution < -0.4 is 5.32 Å². The molecule has 0 bridgehead atoms. The van der Waals surface area contributed by atoms with Crippen LogP contribution in [0.1, 0.15) is 44.9 Å². The summed E-state index contributed by atoms with van der Waals surface area (Å²) in [7, 11) is 0. The highest BCUT2D eigenvalue weighted by Gasteiger charge is 2.42. The van der Waals surface area contributed by atoms with Crippen molar-refractivity contribution in [3.63, 3.8) is 0 Å². The Labute approximate surface area is 102 Å². The van der Waals surface area contributed by atoms with Crippen molar-refractivity contribution in [1.82, 2.24) is 10.2 Å². The summed E-state index contributed by atoms with van der Waals surface area (Å²) < 4.78 is 0. The maximum atomic E-state index is 12.0. The molecule has 2 aliphatic carbocycles. The largest absolute Gasteiger partial charge is 0.353 e. The summed E-state index contributed by atoms with van der Waals surface area (Å²) in [6.45, 7) is 0.655. The number of nitrogens with one attached hydrogen (secondary N) is 1. The van der Waals surface area contributed by atoms with Gasteiger partial charge < -0.3 is 10.2 Å². The highest BCUT2D eigenvalue weighted by Crippen LogP contribution is 2.32. The van der Waals surface area contributed by atoms with Crippen LogP contribution >= 0.6 is 0 Å². The number of carbonyl (C=O) groups is 2. The van der Waals surface area contributed by atoms with E-state index in [-0.39, 0.29) is 17.7 Å². The van der Waals surface area contributed by atoms with Crippen LogP contribution in [0.25, 0.3) is 0 Å².